The summed E-state index contributed by atoms with van der Waals surface area (Å²) >= 11 is 0. The average Bonchev–Trinajstić information content (AvgIpc) is 2.98. The van der Waals surface area contributed by atoms with Crippen molar-refractivity contribution in [1.82, 2.24) is 4.90 Å². The van der Waals surface area contributed by atoms with Crippen LogP contribution in [0.2, 0.25) is 0 Å². The van der Waals surface area contributed by atoms with E-state index < -0.39 is 35.5 Å². The van der Waals surface area contributed by atoms with Gasteiger partial charge in [0.05, 0.1) is 16.7 Å². The van der Waals surface area contributed by atoms with Gasteiger partial charge in [0, 0.05) is 25.8 Å². The summed E-state index contributed by atoms with van der Waals surface area (Å²) in [5, 5.41) is 0. The van der Waals surface area contributed by atoms with E-state index in [4.69, 9.17) is 9.47 Å². The summed E-state index contributed by atoms with van der Waals surface area (Å²) in [4.78, 5) is 50.9. The van der Waals surface area contributed by atoms with E-state index in [1.165, 1.54) is 44.4 Å². The van der Waals surface area contributed by atoms with Crippen molar-refractivity contribution in [2.24, 2.45) is 0 Å². The zero-order valence-electron chi connectivity index (χ0n) is 16.5. The third-order valence-electron chi connectivity index (χ3n) is 4.72. The first-order valence-corrected chi connectivity index (χ1v) is 9.33. The first-order valence-electron chi connectivity index (χ1n) is 9.33. The Labute approximate surface area is 172 Å². The molecule has 0 saturated heterocycles. The number of Topliss-reactive ketones (excluding diaryl/α,β-unsaturated/α-hetero) is 1. The minimum atomic E-state index is -1.11. The number of methoxy groups -OCH3 is 1. The fraction of sp³-hybridized carbons (Fsp3) is 0.273. The Hall–Kier alpha value is -3.39. The molecule has 0 saturated carbocycles. The molecule has 2 aromatic carbocycles. The van der Waals surface area contributed by atoms with Gasteiger partial charge in [-0.05, 0) is 55.8 Å². The highest BCUT2D eigenvalue weighted by Crippen LogP contribution is 2.25. The zero-order valence-corrected chi connectivity index (χ0v) is 16.5. The quantitative estimate of drug-likeness (QED) is 0.286. The molecule has 1 atom stereocenters. The van der Waals surface area contributed by atoms with E-state index in [1.54, 1.807) is 0 Å². The number of imide groups is 1. The lowest BCUT2D eigenvalue weighted by Crippen LogP contribution is -2.31. The van der Waals surface area contributed by atoms with E-state index in [0.717, 1.165) is 17.0 Å². The van der Waals surface area contributed by atoms with Crippen LogP contribution >= 0.6 is 0 Å². The molecule has 0 aromatic heterocycles. The summed E-state index contributed by atoms with van der Waals surface area (Å²) in [6.07, 6.45) is -0.612. The lowest BCUT2D eigenvalue weighted by atomic mass is 10.1. The van der Waals surface area contributed by atoms with Crippen molar-refractivity contribution >= 4 is 23.6 Å². The fourth-order valence-corrected chi connectivity index (χ4v) is 3.12. The van der Waals surface area contributed by atoms with E-state index in [9.17, 15) is 23.6 Å². The Morgan fingerprint density at radius 3 is 2.30 bits per heavy atom. The number of amides is 2. The number of rotatable bonds is 8. The predicted octanol–water partition coefficient (Wildman–Crippen LogP) is 2.89. The van der Waals surface area contributed by atoms with Crippen molar-refractivity contribution in [3.05, 3.63) is 70.5 Å². The van der Waals surface area contributed by atoms with Crippen molar-refractivity contribution in [3.63, 3.8) is 0 Å². The maximum atomic E-state index is 13.0. The Bertz CT molecular complexity index is 1000. The Kier molecular flexibility index (Phi) is 6.37. The van der Waals surface area contributed by atoms with Gasteiger partial charge in [-0.15, -0.1) is 0 Å². The van der Waals surface area contributed by atoms with Crippen LogP contribution in [0.15, 0.2) is 42.5 Å². The smallest absolute Gasteiger partial charge is 0.338 e. The molecule has 0 fully saturated rings. The summed E-state index contributed by atoms with van der Waals surface area (Å²) in [6.45, 7) is 2.03. The Morgan fingerprint density at radius 2 is 1.63 bits per heavy atom. The molecule has 0 N–H and O–H groups in total. The Morgan fingerprint density at radius 1 is 1.00 bits per heavy atom. The number of esters is 1. The van der Waals surface area contributed by atoms with Gasteiger partial charge in [-0.25, -0.2) is 9.18 Å². The largest absolute Gasteiger partial charge is 0.451 e. The van der Waals surface area contributed by atoms with Gasteiger partial charge in [-0.2, -0.15) is 0 Å². The number of carbonyl (C=O) groups excluding carboxylic acids is 4. The van der Waals surface area contributed by atoms with Crippen molar-refractivity contribution < 1.29 is 33.0 Å². The van der Waals surface area contributed by atoms with Crippen molar-refractivity contribution in [1.29, 1.82) is 0 Å². The molecule has 2 amide bonds. The number of benzene rings is 2. The molecule has 0 unspecified atom stereocenters. The van der Waals surface area contributed by atoms with Crippen LogP contribution in [0.1, 0.15) is 54.8 Å². The molecule has 3 rings (SSSR count). The lowest BCUT2D eigenvalue weighted by Gasteiger charge is -2.13. The lowest BCUT2D eigenvalue weighted by molar-refractivity contribution is 0.0318. The van der Waals surface area contributed by atoms with Crippen molar-refractivity contribution in [3.8, 4) is 0 Å². The second kappa shape index (κ2) is 8.96. The standard InChI is InChI=1S/C22H20FNO6/c1-13(19(25)14-4-7-16(23)8-5-14)30-22(28)15-6-9-17-18(12-15)21(27)24(20(17)26)10-3-11-29-2/h4-9,12-13H,3,10-11H2,1-2H3/t13-/m1/s1. The van der Waals surface area contributed by atoms with Crippen LogP contribution in [0.3, 0.4) is 0 Å². The highest BCUT2D eigenvalue weighted by molar-refractivity contribution is 6.22. The number of ether oxygens (including phenoxy) is 2. The third-order valence-corrected chi connectivity index (χ3v) is 4.72. The van der Waals surface area contributed by atoms with Gasteiger partial charge in [0.1, 0.15) is 5.82 Å². The number of hydrogen-bond donors (Lipinski definition) is 0. The number of halogens is 1. The molecule has 1 aliphatic heterocycles. The molecule has 0 spiro atoms. The minimum absolute atomic E-state index is 0.0485. The molecule has 156 valence electrons. The van der Waals surface area contributed by atoms with E-state index >= 15 is 0 Å². The second-order valence-electron chi connectivity index (χ2n) is 6.79. The molecule has 8 heteroatoms. The Balaban J connectivity index is 1.71. The molecule has 2 aromatic rings. The topological polar surface area (TPSA) is 90.0 Å². The van der Waals surface area contributed by atoms with Gasteiger partial charge in [0.15, 0.2) is 6.10 Å². The first-order chi connectivity index (χ1) is 14.3. The second-order valence-corrected chi connectivity index (χ2v) is 6.79. The van der Waals surface area contributed by atoms with Crippen LogP contribution in [0.25, 0.3) is 0 Å². The zero-order chi connectivity index (χ0) is 21.8. The van der Waals surface area contributed by atoms with E-state index in [-0.39, 0.29) is 28.8 Å². The van der Waals surface area contributed by atoms with Crippen LogP contribution < -0.4 is 0 Å². The summed E-state index contributed by atoms with van der Waals surface area (Å²) in [5.74, 6) is -2.69. The molecular weight excluding hydrogens is 393 g/mol. The number of carbonyl (C=O) groups is 4. The minimum Gasteiger partial charge on any atom is -0.451 e. The third kappa shape index (κ3) is 4.28. The summed E-state index contributed by atoms with van der Waals surface area (Å²) in [5.41, 5.74) is 0.583. The number of nitrogens with zero attached hydrogens (tertiary/aromatic N) is 1. The molecule has 1 heterocycles. The SMILES string of the molecule is COCCCN1C(=O)c2ccc(C(=O)O[C@H](C)C(=O)c3ccc(F)cc3)cc2C1=O. The maximum Gasteiger partial charge on any atom is 0.338 e. The van der Waals surface area contributed by atoms with Gasteiger partial charge in [0.2, 0.25) is 5.78 Å². The van der Waals surface area contributed by atoms with Crippen LogP contribution in [0.4, 0.5) is 4.39 Å². The van der Waals surface area contributed by atoms with Crippen LogP contribution in [0.5, 0.6) is 0 Å². The number of ketones is 1. The van der Waals surface area contributed by atoms with Gasteiger partial charge in [-0.3, -0.25) is 19.3 Å². The number of fused-ring (bicyclic) bond motifs is 1. The van der Waals surface area contributed by atoms with Crippen LogP contribution in [0, 0.1) is 5.82 Å². The molecule has 30 heavy (non-hydrogen) atoms. The average molecular weight is 413 g/mol. The molecular formula is C22H20FNO6. The van der Waals surface area contributed by atoms with Gasteiger partial charge >= 0.3 is 5.97 Å². The van der Waals surface area contributed by atoms with Crippen molar-refractivity contribution in [2.75, 3.05) is 20.3 Å². The van der Waals surface area contributed by atoms with Crippen molar-refractivity contribution in [2.45, 2.75) is 19.4 Å². The monoisotopic (exact) mass is 413 g/mol. The first kappa shape index (κ1) is 21.3. The summed E-state index contributed by atoms with van der Waals surface area (Å²) < 4.78 is 23.1. The molecule has 0 radical (unpaired) electrons. The van der Waals surface area contributed by atoms with Crippen LogP contribution in [-0.2, 0) is 9.47 Å². The normalized spacial score (nSPS) is 13.9. The summed E-state index contributed by atoms with van der Waals surface area (Å²) in [6, 6.07) is 8.96. The number of hydrogen-bond acceptors (Lipinski definition) is 6. The van der Waals surface area contributed by atoms with Crippen LogP contribution in [-0.4, -0.2) is 54.8 Å². The predicted molar refractivity (Wildman–Crippen MR) is 104 cm³/mol. The van der Waals surface area contributed by atoms with Gasteiger partial charge < -0.3 is 9.47 Å². The maximum absolute atomic E-state index is 13.0. The van der Waals surface area contributed by atoms with Gasteiger partial charge in [-0.1, -0.05) is 0 Å². The molecule has 7 nitrogen and oxygen atoms in total. The van der Waals surface area contributed by atoms with E-state index in [2.05, 4.69) is 0 Å². The van der Waals surface area contributed by atoms with E-state index in [1.807, 2.05) is 0 Å². The highest BCUT2D eigenvalue weighted by atomic mass is 19.1. The highest BCUT2D eigenvalue weighted by Gasteiger charge is 2.36. The summed E-state index contributed by atoms with van der Waals surface area (Å²) in [7, 11) is 1.53. The van der Waals surface area contributed by atoms with E-state index in [0.29, 0.717) is 13.0 Å². The molecule has 1 aliphatic rings. The molecule has 0 bridgehead atoms. The fourth-order valence-electron chi connectivity index (χ4n) is 3.12. The van der Waals surface area contributed by atoms with Gasteiger partial charge in [0.25, 0.3) is 11.8 Å². The molecule has 0 aliphatic carbocycles.